The summed E-state index contributed by atoms with van der Waals surface area (Å²) in [4.78, 5) is 0. The molecule has 0 nitrogen and oxygen atoms in total. The minimum absolute atomic E-state index is 0.0684. The van der Waals surface area contributed by atoms with Gasteiger partial charge in [0.15, 0.2) is 29.4 Å². The Hall–Kier alpha value is -2.76. The summed E-state index contributed by atoms with van der Waals surface area (Å²) in [5, 5.41) is 1.11. The minimum Gasteiger partial charge on any atom is -0.237 e. The highest BCUT2D eigenvalue weighted by atomic mass is 19.2. The van der Waals surface area contributed by atoms with Crippen molar-refractivity contribution < 1.29 is 26.3 Å². The van der Waals surface area contributed by atoms with Crippen LogP contribution in [0.2, 0.25) is 0 Å². The van der Waals surface area contributed by atoms with Crippen LogP contribution in [0.15, 0.2) is 42.5 Å². The van der Waals surface area contributed by atoms with Crippen LogP contribution < -0.4 is 0 Å². The second kappa shape index (κ2) is 5.37. The molecule has 3 aromatic rings. The molecule has 0 bridgehead atoms. The zero-order chi connectivity index (χ0) is 17.9. The lowest BCUT2D eigenvalue weighted by molar-refractivity contribution is 0.373. The smallest absolute Gasteiger partial charge is 0.198 e. The molecule has 0 aliphatic heterocycles. The van der Waals surface area contributed by atoms with Crippen molar-refractivity contribution in [1.29, 1.82) is 0 Å². The van der Waals surface area contributed by atoms with Gasteiger partial charge in [0, 0.05) is 11.1 Å². The molecule has 0 aromatic heterocycles. The van der Waals surface area contributed by atoms with Gasteiger partial charge in [0.05, 0.1) is 5.56 Å². The molecule has 0 saturated carbocycles. The number of rotatable bonds is 1. The quantitative estimate of drug-likeness (QED) is 0.276. The van der Waals surface area contributed by atoms with E-state index < -0.39 is 52.0 Å². The van der Waals surface area contributed by atoms with Crippen LogP contribution in [-0.2, 0) is 0 Å². The Bertz CT molecular complexity index is 1060. The summed E-state index contributed by atoms with van der Waals surface area (Å²) < 4.78 is 84.3. The molecule has 0 N–H and O–H groups in total. The van der Waals surface area contributed by atoms with Gasteiger partial charge in [-0.25, -0.2) is 26.3 Å². The highest BCUT2D eigenvalue weighted by Gasteiger charge is 2.41. The van der Waals surface area contributed by atoms with Crippen LogP contribution in [0.25, 0.3) is 22.2 Å². The number of fused-ring (bicyclic) bond motifs is 2. The molecule has 1 aliphatic carbocycles. The highest BCUT2D eigenvalue weighted by Crippen LogP contribution is 2.52. The molecular formula is C19H8F6. The maximum atomic E-state index is 14.8. The molecular weight excluding hydrogens is 342 g/mol. The maximum absolute atomic E-state index is 14.8. The van der Waals surface area contributed by atoms with Crippen LogP contribution in [0.4, 0.5) is 26.3 Å². The van der Waals surface area contributed by atoms with Gasteiger partial charge in [-0.2, -0.15) is 0 Å². The Morgan fingerprint density at radius 1 is 0.680 bits per heavy atom. The van der Waals surface area contributed by atoms with Crippen molar-refractivity contribution >= 4 is 22.2 Å². The molecule has 1 unspecified atom stereocenters. The fourth-order valence-corrected chi connectivity index (χ4v) is 3.21. The van der Waals surface area contributed by atoms with Crippen molar-refractivity contribution in [3.05, 3.63) is 82.4 Å². The van der Waals surface area contributed by atoms with Crippen LogP contribution in [0, 0.1) is 23.3 Å². The summed E-state index contributed by atoms with van der Waals surface area (Å²) in [7, 11) is 0. The Morgan fingerprint density at radius 2 is 1.32 bits per heavy atom. The average molecular weight is 350 g/mol. The number of hydrogen-bond donors (Lipinski definition) is 0. The molecule has 0 saturated heterocycles. The first kappa shape index (κ1) is 15.7. The third-order valence-corrected chi connectivity index (χ3v) is 4.35. The third kappa shape index (κ3) is 2.03. The maximum Gasteiger partial charge on any atom is 0.198 e. The topological polar surface area (TPSA) is 0 Å². The number of halogens is 6. The number of benzene rings is 3. The van der Waals surface area contributed by atoms with Gasteiger partial charge in [0.25, 0.3) is 0 Å². The van der Waals surface area contributed by atoms with E-state index in [0.717, 1.165) is 0 Å². The molecule has 4 rings (SSSR count). The Kier molecular flexibility index (Phi) is 3.39. The highest BCUT2D eigenvalue weighted by molar-refractivity contribution is 6.04. The van der Waals surface area contributed by atoms with Crippen molar-refractivity contribution in [3.8, 4) is 0 Å². The Morgan fingerprint density at radius 3 is 2.08 bits per heavy atom. The predicted octanol–water partition coefficient (Wildman–Crippen LogP) is 6.26. The number of allylic oxidation sites excluding steroid dienone is 1. The molecule has 0 spiro atoms. The molecule has 0 radical (unpaired) electrons. The first-order valence-corrected chi connectivity index (χ1v) is 7.31. The summed E-state index contributed by atoms with van der Waals surface area (Å²) in [5.74, 6) is -9.63. The van der Waals surface area contributed by atoms with Crippen molar-refractivity contribution in [2.24, 2.45) is 0 Å². The third-order valence-electron chi connectivity index (χ3n) is 4.35. The lowest BCUT2D eigenvalue weighted by Gasteiger charge is -2.11. The first-order valence-electron chi connectivity index (χ1n) is 7.31. The molecule has 0 fully saturated rings. The van der Waals surface area contributed by atoms with E-state index in [1.165, 1.54) is 12.1 Å². The molecule has 6 heteroatoms. The summed E-state index contributed by atoms with van der Waals surface area (Å²) in [6, 6.07) is 11.3. The largest absolute Gasteiger partial charge is 0.237 e. The summed E-state index contributed by atoms with van der Waals surface area (Å²) in [6.45, 7) is 0. The summed E-state index contributed by atoms with van der Waals surface area (Å²) in [6.07, 6.45) is -2.45. The number of hydrogen-bond acceptors (Lipinski definition) is 0. The van der Waals surface area contributed by atoms with Crippen molar-refractivity contribution in [2.75, 3.05) is 0 Å². The Balaban J connectivity index is 2.06. The van der Waals surface area contributed by atoms with Crippen LogP contribution in [0.5, 0.6) is 0 Å². The second-order valence-corrected chi connectivity index (χ2v) is 5.66. The molecule has 25 heavy (non-hydrogen) atoms. The standard InChI is InChI=1S/C19H8F6/c20-14-11(10-7-3-5-8-4-1-2-6-9(8)10)15(21)13-12(14)16(22)18(24)19(25)17(13)23/h1-7,14H. The number of alkyl halides is 1. The van der Waals surface area contributed by atoms with Gasteiger partial charge < -0.3 is 0 Å². The Labute approximate surface area is 138 Å². The molecule has 1 atom stereocenters. The predicted molar refractivity (Wildman–Crippen MR) is 82.0 cm³/mol. The van der Waals surface area contributed by atoms with Crippen molar-refractivity contribution in [3.63, 3.8) is 0 Å². The van der Waals surface area contributed by atoms with E-state index in [4.69, 9.17) is 0 Å². The zero-order valence-electron chi connectivity index (χ0n) is 12.4. The van der Waals surface area contributed by atoms with Gasteiger partial charge in [-0.05, 0) is 16.3 Å². The fraction of sp³-hybridized carbons (Fsp3) is 0.0526. The van der Waals surface area contributed by atoms with Crippen LogP contribution in [0.3, 0.4) is 0 Å². The van der Waals surface area contributed by atoms with Gasteiger partial charge in [-0.15, -0.1) is 0 Å². The van der Waals surface area contributed by atoms with Gasteiger partial charge in [-0.1, -0.05) is 42.5 Å². The van der Waals surface area contributed by atoms with E-state index in [-0.39, 0.29) is 5.56 Å². The van der Waals surface area contributed by atoms with Crippen molar-refractivity contribution in [2.45, 2.75) is 6.17 Å². The van der Waals surface area contributed by atoms with E-state index in [1.54, 1.807) is 30.3 Å². The van der Waals surface area contributed by atoms with Gasteiger partial charge >= 0.3 is 0 Å². The average Bonchev–Trinajstić information content (AvgIpc) is 2.88. The molecule has 3 aromatic carbocycles. The monoisotopic (exact) mass is 350 g/mol. The molecule has 0 heterocycles. The summed E-state index contributed by atoms with van der Waals surface area (Å²) >= 11 is 0. The normalized spacial score (nSPS) is 16.6. The lowest BCUT2D eigenvalue weighted by atomic mass is 9.95. The van der Waals surface area contributed by atoms with Crippen LogP contribution in [-0.4, -0.2) is 0 Å². The van der Waals surface area contributed by atoms with E-state index >= 15 is 0 Å². The van der Waals surface area contributed by atoms with Crippen LogP contribution >= 0.6 is 0 Å². The van der Waals surface area contributed by atoms with Gasteiger partial charge in [0.2, 0.25) is 0 Å². The first-order chi connectivity index (χ1) is 11.9. The van der Waals surface area contributed by atoms with E-state index in [0.29, 0.717) is 10.8 Å². The fourth-order valence-electron chi connectivity index (χ4n) is 3.21. The zero-order valence-corrected chi connectivity index (χ0v) is 12.4. The molecule has 1 aliphatic rings. The van der Waals surface area contributed by atoms with Crippen molar-refractivity contribution in [1.82, 2.24) is 0 Å². The molecule has 126 valence electrons. The lowest BCUT2D eigenvalue weighted by Crippen LogP contribution is -2.05. The SMILES string of the molecule is FC1=C(c2cccc3ccccc23)C(F)c2c(F)c(F)c(F)c(F)c21. The second-order valence-electron chi connectivity index (χ2n) is 5.66. The summed E-state index contributed by atoms with van der Waals surface area (Å²) in [5.41, 5.74) is -2.93. The van der Waals surface area contributed by atoms with Gasteiger partial charge in [-0.3, -0.25) is 0 Å². The van der Waals surface area contributed by atoms with E-state index in [1.807, 2.05) is 0 Å². The van der Waals surface area contributed by atoms with E-state index in [9.17, 15) is 26.3 Å². The van der Waals surface area contributed by atoms with Crippen LogP contribution in [0.1, 0.15) is 22.9 Å². The van der Waals surface area contributed by atoms with E-state index in [2.05, 4.69) is 0 Å². The van der Waals surface area contributed by atoms with Gasteiger partial charge in [0.1, 0.15) is 5.83 Å². The molecule has 0 amide bonds. The minimum atomic E-state index is -2.45.